The number of rotatable bonds is 8. The highest BCUT2D eigenvalue weighted by Gasteiger charge is 2.36. The molecular weight excluding hydrogens is 560 g/mol. The summed E-state index contributed by atoms with van der Waals surface area (Å²) in [4.78, 5) is 28.5. The van der Waals surface area contributed by atoms with Crippen LogP contribution in [0, 0.1) is 5.82 Å². The van der Waals surface area contributed by atoms with E-state index in [2.05, 4.69) is 15.0 Å². The molecule has 41 heavy (non-hydrogen) atoms. The van der Waals surface area contributed by atoms with E-state index in [1.165, 1.54) is 12.1 Å². The van der Waals surface area contributed by atoms with Crippen molar-refractivity contribution in [3.05, 3.63) is 71.3 Å². The van der Waals surface area contributed by atoms with E-state index in [0.717, 1.165) is 30.5 Å². The van der Waals surface area contributed by atoms with Crippen LogP contribution in [-0.4, -0.2) is 36.1 Å². The van der Waals surface area contributed by atoms with Gasteiger partial charge in [0.2, 0.25) is 5.92 Å². The van der Waals surface area contributed by atoms with Crippen molar-refractivity contribution in [1.82, 2.24) is 4.98 Å². The number of nitrogens with two attached hydrogens (primary N) is 1. The summed E-state index contributed by atoms with van der Waals surface area (Å²) in [6.07, 6.45) is -4.99. The number of pyridine rings is 1. The first kappa shape index (κ1) is 25.5. The Hall–Kier alpha value is -4.49. The normalized spacial score (nSPS) is 16.6. The molecule has 0 unspecified atom stereocenters. The molecule has 4 rings (SSSR count). The molecule has 1 fully saturated rings. The maximum absolute atomic E-state index is 15.7. The molecule has 3 N–H and O–H groups in total. The van der Waals surface area contributed by atoms with Gasteiger partial charge in [0.15, 0.2) is 11.5 Å². The van der Waals surface area contributed by atoms with Crippen LogP contribution in [0.5, 0.6) is 23.0 Å². The Bertz CT molecular complexity index is 1560. The van der Waals surface area contributed by atoms with Gasteiger partial charge in [-0.15, -0.1) is 13.2 Å². The maximum atomic E-state index is 15.7. The van der Waals surface area contributed by atoms with Gasteiger partial charge in [-0.1, -0.05) is 0 Å². The SMILES string of the molecule is [2H]C([2H])([2H])Oc1cc(OC(F)(F)F)ccc1Oc1cc(C2CCC(F)(F)CC2)cc(F)c1C(=O)Nc1ccnc(C(N)=O)c1. The molecule has 8 nitrogen and oxygen atoms in total. The number of nitrogens with one attached hydrogen (secondary N) is 1. The standard InChI is InChI=1S/C27H23F6N3O5/c1-39-21-13-17(41-27(31,32)33)2-3-20(21)40-22-11-15(14-4-7-26(29,30)8-5-14)10-18(28)23(22)25(38)36-16-6-9-35-19(12-16)24(34)37/h2-3,6,9-14H,4-5,7-8H2,1H3,(H2,34,37)(H,35,36,38)/i1D3. The molecule has 1 aromatic heterocycles. The molecule has 0 spiro atoms. The number of alkyl halides is 5. The van der Waals surface area contributed by atoms with E-state index in [1.807, 2.05) is 0 Å². The number of aromatic nitrogens is 1. The maximum Gasteiger partial charge on any atom is 0.573 e. The number of methoxy groups -OCH3 is 1. The number of carbonyl (C=O) groups is 2. The number of hydrogen-bond donors (Lipinski definition) is 2. The summed E-state index contributed by atoms with van der Waals surface area (Å²) >= 11 is 0. The van der Waals surface area contributed by atoms with Gasteiger partial charge in [0.25, 0.3) is 11.8 Å². The van der Waals surface area contributed by atoms with Gasteiger partial charge in [-0.3, -0.25) is 14.6 Å². The number of halogens is 6. The Morgan fingerprint density at radius 1 is 1.07 bits per heavy atom. The smallest absolute Gasteiger partial charge is 0.493 e. The Balaban J connectivity index is 1.78. The fourth-order valence-corrected chi connectivity index (χ4v) is 4.32. The van der Waals surface area contributed by atoms with Crippen molar-refractivity contribution >= 4 is 17.5 Å². The van der Waals surface area contributed by atoms with Crippen molar-refractivity contribution in [2.24, 2.45) is 5.73 Å². The summed E-state index contributed by atoms with van der Waals surface area (Å²) in [5, 5.41) is 2.35. The van der Waals surface area contributed by atoms with E-state index in [-0.39, 0.29) is 29.8 Å². The summed E-state index contributed by atoms with van der Waals surface area (Å²) in [6.45, 7) is 0. The van der Waals surface area contributed by atoms with Crippen LogP contribution in [0.1, 0.15) is 62.1 Å². The third-order valence-electron chi connectivity index (χ3n) is 6.24. The lowest BCUT2D eigenvalue weighted by Crippen LogP contribution is -2.24. The molecule has 3 aromatic rings. The zero-order chi connectivity index (χ0) is 32.4. The number of primary amides is 1. The van der Waals surface area contributed by atoms with Crippen LogP contribution in [-0.2, 0) is 0 Å². The molecule has 0 saturated heterocycles. The number of anilines is 1. The van der Waals surface area contributed by atoms with E-state index in [1.54, 1.807) is 0 Å². The lowest BCUT2D eigenvalue weighted by Gasteiger charge is -2.29. The first-order valence-electron chi connectivity index (χ1n) is 13.4. The number of nitrogens with zero attached hydrogens (tertiary/aromatic N) is 1. The molecule has 0 radical (unpaired) electrons. The molecule has 218 valence electrons. The van der Waals surface area contributed by atoms with Gasteiger partial charge in [0, 0.05) is 30.8 Å². The summed E-state index contributed by atoms with van der Waals surface area (Å²) in [6, 6.07) is 6.71. The Labute approximate surface area is 233 Å². The van der Waals surface area contributed by atoms with Crippen LogP contribution in [0.3, 0.4) is 0 Å². The van der Waals surface area contributed by atoms with Gasteiger partial charge in [-0.2, -0.15) is 0 Å². The Morgan fingerprint density at radius 2 is 1.80 bits per heavy atom. The minimum absolute atomic E-state index is 0.0252. The van der Waals surface area contributed by atoms with Crippen LogP contribution < -0.4 is 25.3 Å². The molecule has 1 aliphatic rings. The number of benzene rings is 2. The fraction of sp³-hybridized carbons (Fsp3) is 0.296. The average molecular weight is 587 g/mol. The largest absolute Gasteiger partial charge is 0.573 e. The molecular formula is C27H23F6N3O5. The molecule has 14 heteroatoms. The van der Waals surface area contributed by atoms with Crippen molar-refractivity contribution in [1.29, 1.82) is 0 Å². The van der Waals surface area contributed by atoms with Crippen molar-refractivity contribution in [2.75, 3.05) is 12.4 Å². The second-order valence-electron chi connectivity index (χ2n) is 9.11. The summed E-state index contributed by atoms with van der Waals surface area (Å²) in [5.41, 5.74) is 4.38. The van der Waals surface area contributed by atoms with Gasteiger partial charge in [-0.25, -0.2) is 13.2 Å². The highest BCUT2D eigenvalue weighted by atomic mass is 19.4. The van der Waals surface area contributed by atoms with Crippen molar-refractivity contribution in [2.45, 2.75) is 43.9 Å². The molecule has 2 aromatic carbocycles. The van der Waals surface area contributed by atoms with Crippen LogP contribution in [0.15, 0.2) is 48.7 Å². The lowest BCUT2D eigenvalue weighted by atomic mass is 9.82. The average Bonchev–Trinajstić information content (AvgIpc) is 2.88. The summed E-state index contributed by atoms with van der Waals surface area (Å²) in [5.74, 6) is -9.40. The van der Waals surface area contributed by atoms with Gasteiger partial charge in [0.1, 0.15) is 28.6 Å². The van der Waals surface area contributed by atoms with Crippen molar-refractivity contribution < 1.29 is 54.3 Å². The number of amides is 2. The van der Waals surface area contributed by atoms with Gasteiger partial charge in [-0.05, 0) is 60.7 Å². The fourth-order valence-electron chi connectivity index (χ4n) is 4.32. The first-order chi connectivity index (χ1) is 20.4. The number of carbonyl (C=O) groups excluding carboxylic acids is 2. The molecule has 1 heterocycles. The lowest BCUT2D eigenvalue weighted by molar-refractivity contribution is -0.274. The quantitative estimate of drug-likeness (QED) is 0.289. The van der Waals surface area contributed by atoms with Crippen LogP contribution in [0.2, 0.25) is 0 Å². The predicted octanol–water partition coefficient (Wildman–Crippen LogP) is 6.56. The topological polar surface area (TPSA) is 113 Å². The second-order valence-corrected chi connectivity index (χ2v) is 9.11. The Morgan fingerprint density at radius 3 is 2.46 bits per heavy atom. The van der Waals surface area contributed by atoms with Gasteiger partial charge in [0.05, 0.1) is 11.2 Å². The van der Waals surface area contributed by atoms with E-state index < -0.39 is 84.3 Å². The minimum atomic E-state index is -5.14. The predicted molar refractivity (Wildman–Crippen MR) is 133 cm³/mol. The summed E-state index contributed by atoms with van der Waals surface area (Å²) < 4.78 is 118. The first-order valence-corrected chi connectivity index (χ1v) is 11.9. The van der Waals surface area contributed by atoms with E-state index in [4.69, 9.17) is 19.3 Å². The van der Waals surface area contributed by atoms with Crippen LogP contribution >= 0.6 is 0 Å². The molecule has 1 aliphatic carbocycles. The molecule has 2 amide bonds. The highest BCUT2D eigenvalue weighted by Crippen LogP contribution is 2.44. The van der Waals surface area contributed by atoms with E-state index >= 15 is 4.39 Å². The van der Waals surface area contributed by atoms with E-state index in [0.29, 0.717) is 6.07 Å². The second kappa shape index (κ2) is 11.6. The summed E-state index contributed by atoms with van der Waals surface area (Å²) in [7, 11) is -3.19. The monoisotopic (exact) mass is 586 g/mol. The third kappa shape index (κ3) is 7.38. The van der Waals surface area contributed by atoms with Gasteiger partial charge < -0.3 is 25.3 Å². The highest BCUT2D eigenvalue weighted by molar-refractivity contribution is 6.07. The molecule has 1 saturated carbocycles. The molecule has 0 atom stereocenters. The van der Waals surface area contributed by atoms with Gasteiger partial charge >= 0.3 is 6.36 Å². The zero-order valence-corrected chi connectivity index (χ0v) is 20.9. The van der Waals surface area contributed by atoms with Crippen LogP contribution in [0.4, 0.5) is 32.0 Å². The van der Waals surface area contributed by atoms with Crippen LogP contribution in [0.25, 0.3) is 0 Å². The zero-order valence-electron chi connectivity index (χ0n) is 23.9. The van der Waals surface area contributed by atoms with Crippen molar-refractivity contribution in [3.8, 4) is 23.0 Å². The molecule has 0 aliphatic heterocycles. The minimum Gasteiger partial charge on any atom is -0.493 e. The third-order valence-corrected chi connectivity index (χ3v) is 6.24. The van der Waals surface area contributed by atoms with Crippen molar-refractivity contribution in [3.63, 3.8) is 0 Å². The van der Waals surface area contributed by atoms with E-state index in [9.17, 15) is 31.5 Å². The molecule has 0 bridgehead atoms. The number of hydrogen-bond acceptors (Lipinski definition) is 6. The number of ether oxygens (including phenoxy) is 3. The Kier molecular flexibility index (Phi) is 7.18.